The van der Waals surface area contributed by atoms with Crippen LogP contribution in [0.5, 0.6) is 5.75 Å². The van der Waals surface area contributed by atoms with Gasteiger partial charge in [0, 0.05) is 10.1 Å². The highest BCUT2D eigenvalue weighted by Crippen LogP contribution is 2.37. The summed E-state index contributed by atoms with van der Waals surface area (Å²) in [6.45, 7) is 2.30. The highest BCUT2D eigenvalue weighted by atomic mass is 32.2. The maximum Gasteiger partial charge on any atom is 0.116 e. The van der Waals surface area contributed by atoms with Gasteiger partial charge in [0.25, 0.3) is 0 Å². The van der Waals surface area contributed by atoms with Gasteiger partial charge in [-0.25, -0.2) is 0 Å². The van der Waals surface area contributed by atoms with Crippen LogP contribution in [0, 0.1) is 5.92 Å². The van der Waals surface area contributed by atoms with Crippen LogP contribution in [-0.4, -0.2) is 10.4 Å². The number of hydrogen-bond acceptors (Lipinski definition) is 2. The summed E-state index contributed by atoms with van der Waals surface area (Å²) in [4.78, 5) is 1.21. The highest BCUT2D eigenvalue weighted by molar-refractivity contribution is 8.00. The highest BCUT2D eigenvalue weighted by Gasteiger charge is 2.20. The van der Waals surface area contributed by atoms with E-state index in [-0.39, 0.29) is 0 Å². The Morgan fingerprint density at radius 1 is 1.25 bits per heavy atom. The average molecular weight is 236 g/mol. The van der Waals surface area contributed by atoms with Crippen LogP contribution in [0.3, 0.4) is 0 Å². The molecule has 0 amide bonds. The van der Waals surface area contributed by atoms with E-state index in [0.717, 1.165) is 11.2 Å². The van der Waals surface area contributed by atoms with E-state index in [1.807, 2.05) is 23.9 Å². The van der Waals surface area contributed by atoms with Crippen LogP contribution in [0.15, 0.2) is 29.2 Å². The summed E-state index contributed by atoms with van der Waals surface area (Å²) in [6, 6.07) is 7.63. The molecule has 1 N–H and O–H groups in total. The Labute approximate surface area is 102 Å². The normalized spacial score (nSPS) is 25.6. The van der Waals surface area contributed by atoms with E-state index in [1.54, 1.807) is 6.07 Å². The molecule has 0 aromatic heterocycles. The van der Waals surface area contributed by atoms with Gasteiger partial charge in [0.15, 0.2) is 0 Å². The molecule has 0 spiro atoms. The Balaban J connectivity index is 1.87. The molecule has 0 bridgehead atoms. The van der Waals surface area contributed by atoms with E-state index in [9.17, 15) is 5.11 Å². The molecule has 1 saturated carbocycles. The summed E-state index contributed by atoms with van der Waals surface area (Å²) in [5, 5.41) is 10.2. The van der Waals surface area contributed by atoms with Crippen molar-refractivity contribution in [2.45, 2.75) is 49.2 Å². The number of phenolic OH excluding ortho intramolecular Hbond substituents is 1. The molecule has 2 heteroatoms. The zero-order valence-electron chi connectivity index (χ0n) is 9.86. The van der Waals surface area contributed by atoms with Crippen LogP contribution in [0.4, 0.5) is 0 Å². The Bertz CT molecular complexity index is 329. The summed E-state index contributed by atoms with van der Waals surface area (Å²) < 4.78 is 0. The van der Waals surface area contributed by atoms with Crippen molar-refractivity contribution in [3.8, 4) is 5.75 Å². The lowest BCUT2D eigenvalue weighted by Crippen LogP contribution is -2.15. The Hall–Kier alpha value is -0.630. The van der Waals surface area contributed by atoms with Gasteiger partial charge in [0.2, 0.25) is 0 Å². The number of benzene rings is 1. The molecule has 16 heavy (non-hydrogen) atoms. The van der Waals surface area contributed by atoms with Crippen molar-refractivity contribution < 1.29 is 5.11 Å². The van der Waals surface area contributed by atoms with Crippen LogP contribution in [0.25, 0.3) is 0 Å². The second kappa shape index (κ2) is 5.62. The van der Waals surface area contributed by atoms with E-state index in [1.165, 1.54) is 37.0 Å². The minimum Gasteiger partial charge on any atom is -0.508 e. The van der Waals surface area contributed by atoms with E-state index < -0.39 is 0 Å². The summed E-state index contributed by atoms with van der Waals surface area (Å²) in [6.07, 6.45) is 6.77. The fourth-order valence-corrected chi connectivity index (χ4v) is 3.65. The molecule has 1 aliphatic rings. The molecule has 0 aliphatic heterocycles. The molecule has 0 heterocycles. The molecule has 0 unspecified atom stereocenters. The quantitative estimate of drug-likeness (QED) is 0.836. The summed E-state index contributed by atoms with van der Waals surface area (Å²) in [5.41, 5.74) is 0. The Morgan fingerprint density at radius 2 is 2.00 bits per heavy atom. The number of rotatable bonds is 3. The van der Waals surface area contributed by atoms with Crippen molar-refractivity contribution in [1.82, 2.24) is 0 Å². The maximum absolute atomic E-state index is 9.41. The molecule has 1 fully saturated rings. The van der Waals surface area contributed by atoms with Gasteiger partial charge in [0.1, 0.15) is 5.75 Å². The van der Waals surface area contributed by atoms with Crippen LogP contribution >= 0.6 is 11.8 Å². The molecule has 1 aromatic carbocycles. The van der Waals surface area contributed by atoms with Gasteiger partial charge in [-0.15, -0.1) is 11.8 Å². The molecule has 1 aromatic rings. The largest absolute Gasteiger partial charge is 0.508 e. The molecular formula is C14H20OS. The van der Waals surface area contributed by atoms with E-state index in [4.69, 9.17) is 0 Å². The van der Waals surface area contributed by atoms with Crippen molar-refractivity contribution in [3.05, 3.63) is 24.3 Å². The smallest absolute Gasteiger partial charge is 0.116 e. The van der Waals surface area contributed by atoms with Crippen molar-refractivity contribution in [2.75, 3.05) is 0 Å². The standard InChI is InChI=1S/C14H20OS/c1-2-11-6-8-13(9-7-11)16-14-5-3-4-12(15)10-14/h3-5,10-11,13,15H,2,6-9H2,1H3. The van der Waals surface area contributed by atoms with Gasteiger partial charge in [0.05, 0.1) is 0 Å². The first-order chi connectivity index (χ1) is 7.78. The summed E-state index contributed by atoms with van der Waals surface area (Å²) in [5.74, 6) is 1.34. The van der Waals surface area contributed by atoms with E-state index in [2.05, 4.69) is 13.0 Å². The zero-order valence-corrected chi connectivity index (χ0v) is 10.7. The van der Waals surface area contributed by atoms with Gasteiger partial charge in [-0.2, -0.15) is 0 Å². The number of aromatic hydroxyl groups is 1. The fraction of sp³-hybridized carbons (Fsp3) is 0.571. The van der Waals surface area contributed by atoms with Gasteiger partial charge < -0.3 is 5.11 Å². The molecule has 1 aliphatic carbocycles. The zero-order chi connectivity index (χ0) is 11.4. The summed E-state index contributed by atoms with van der Waals surface area (Å²) in [7, 11) is 0. The molecule has 0 atom stereocenters. The van der Waals surface area contributed by atoms with E-state index in [0.29, 0.717) is 5.75 Å². The third-order valence-corrected chi connectivity index (χ3v) is 4.82. The first-order valence-corrected chi connectivity index (χ1v) is 7.11. The van der Waals surface area contributed by atoms with Crippen molar-refractivity contribution in [3.63, 3.8) is 0 Å². The molecule has 1 nitrogen and oxygen atoms in total. The monoisotopic (exact) mass is 236 g/mol. The van der Waals surface area contributed by atoms with Gasteiger partial charge in [-0.05, 0) is 49.8 Å². The second-order valence-corrected chi connectivity index (χ2v) is 6.04. The first kappa shape index (κ1) is 11.8. The van der Waals surface area contributed by atoms with Crippen molar-refractivity contribution in [1.29, 1.82) is 0 Å². The van der Waals surface area contributed by atoms with Gasteiger partial charge >= 0.3 is 0 Å². The topological polar surface area (TPSA) is 20.2 Å². The minimum absolute atomic E-state index is 0.382. The lowest BCUT2D eigenvalue weighted by molar-refractivity contribution is 0.356. The third kappa shape index (κ3) is 3.18. The molecule has 88 valence electrons. The first-order valence-electron chi connectivity index (χ1n) is 6.23. The lowest BCUT2D eigenvalue weighted by atomic mass is 9.87. The summed E-state index contributed by atoms with van der Waals surface area (Å²) >= 11 is 1.93. The number of hydrogen-bond donors (Lipinski definition) is 1. The van der Waals surface area contributed by atoms with Crippen LogP contribution in [0.2, 0.25) is 0 Å². The minimum atomic E-state index is 0.382. The predicted molar refractivity (Wildman–Crippen MR) is 70.0 cm³/mol. The Kier molecular flexibility index (Phi) is 4.16. The average Bonchev–Trinajstić information content (AvgIpc) is 2.30. The van der Waals surface area contributed by atoms with Crippen LogP contribution < -0.4 is 0 Å². The molecule has 0 saturated heterocycles. The van der Waals surface area contributed by atoms with Crippen LogP contribution in [-0.2, 0) is 0 Å². The maximum atomic E-state index is 9.41. The SMILES string of the molecule is CCC1CCC(Sc2cccc(O)c2)CC1. The van der Waals surface area contributed by atoms with Crippen LogP contribution in [0.1, 0.15) is 39.0 Å². The predicted octanol–water partition coefficient (Wildman–Crippen LogP) is 4.45. The second-order valence-electron chi connectivity index (χ2n) is 4.67. The van der Waals surface area contributed by atoms with Gasteiger partial charge in [-0.1, -0.05) is 19.4 Å². The van der Waals surface area contributed by atoms with Gasteiger partial charge in [-0.3, -0.25) is 0 Å². The molecule has 2 rings (SSSR count). The third-order valence-electron chi connectivity index (χ3n) is 3.49. The molecular weight excluding hydrogens is 216 g/mol. The lowest BCUT2D eigenvalue weighted by Gasteiger charge is -2.27. The number of phenols is 1. The fourth-order valence-electron chi connectivity index (χ4n) is 2.41. The molecule has 0 radical (unpaired) electrons. The van der Waals surface area contributed by atoms with Crippen molar-refractivity contribution in [2.24, 2.45) is 5.92 Å². The number of thioether (sulfide) groups is 1. The Morgan fingerprint density at radius 3 is 2.62 bits per heavy atom. The van der Waals surface area contributed by atoms with Crippen molar-refractivity contribution >= 4 is 11.8 Å². The van der Waals surface area contributed by atoms with E-state index >= 15 is 0 Å².